The molecule has 1 aromatic rings. The summed E-state index contributed by atoms with van der Waals surface area (Å²) in [7, 11) is 0. The van der Waals surface area contributed by atoms with Gasteiger partial charge in [0.25, 0.3) is 0 Å². The first-order valence-electron chi connectivity index (χ1n) is 4.76. The number of nitrogens with zero attached hydrogens (tertiary/aromatic N) is 1. The Bertz CT molecular complexity index is 371. The standard InChI is InChI=1S/C11H12Cl2N2/c1-2-8(6-7-14)15-10-5-3-4-9(12)11(10)13/h3-5,8,15H,2,6H2,1H3. The topological polar surface area (TPSA) is 35.8 Å². The van der Waals surface area contributed by atoms with Crippen LogP contribution >= 0.6 is 23.2 Å². The van der Waals surface area contributed by atoms with Gasteiger partial charge in [-0.3, -0.25) is 0 Å². The van der Waals surface area contributed by atoms with E-state index in [0.717, 1.165) is 12.1 Å². The van der Waals surface area contributed by atoms with E-state index in [1.807, 2.05) is 19.1 Å². The number of nitriles is 1. The number of halogens is 2. The van der Waals surface area contributed by atoms with E-state index in [9.17, 15) is 0 Å². The van der Waals surface area contributed by atoms with Crippen molar-refractivity contribution in [3.8, 4) is 6.07 Å². The summed E-state index contributed by atoms with van der Waals surface area (Å²) in [5.41, 5.74) is 0.784. The van der Waals surface area contributed by atoms with Gasteiger partial charge >= 0.3 is 0 Å². The highest BCUT2D eigenvalue weighted by atomic mass is 35.5. The van der Waals surface area contributed by atoms with Crippen LogP contribution in [-0.4, -0.2) is 6.04 Å². The van der Waals surface area contributed by atoms with Gasteiger partial charge in [0, 0.05) is 6.04 Å². The number of hydrogen-bond donors (Lipinski definition) is 1. The molecule has 0 radical (unpaired) electrons. The highest BCUT2D eigenvalue weighted by Gasteiger charge is 2.09. The minimum absolute atomic E-state index is 0.117. The van der Waals surface area contributed by atoms with Crippen molar-refractivity contribution < 1.29 is 0 Å². The normalized spacial score (nSPS) is 11.9. The maximum Gasteiger partial charge on any atom is 0.0823 e. The molecule has 0 aromatic heterocycles. The number of rotatable bonds is 4. The summed E-state index contributed by atoms with van der Waals surface area (Å²) >= 11 is 11.9. The third kappa shape index (κ3) is 3.30. The third-order valence-corrected chi connectivity index (χ3v) is 2.96. The zero-order valence-electron chi connectivity index (χ0n) is 8.43. The zero-order valence-corrected chi connectivity index (χ0v) is 9.94. The number of anilines is 1. The molecule has 4 heteroatoms. The Hall–Kier alpha value is -0.910. The van der Waals surface area contributed by atoms with Crippen molar-refractivity contribution >= 4 is 28.9 Å². The first-order chi connectivity index (χ1) is 7.19. The van der Waals surface area contributed by atoms with Crippen LogP contribution in [0.1, 0.15) is 19.8 Å². The molecule has 0 amide bonds. The van der Waals surface area contributed by atoms with Crippen LogP contribution in [0.3, 0.4) is 0 Å². The van der Waals surface area contributed by atoms with Crippen LogP contribution in [0, 0.1) is 11.3 Å². The molecule has 0 aliphatic heterocycles. The predicted octanol–water partition coefficient (Wildman–Crippen LogP) is 4.10. The smallest absolute Gasteiger partial charge is 0.0823 e. The van der Waals surface area contributed by atoms with Gasteiger partial charge in [0.2, 0.25) is 0 Å². The molecule has 1 aromatic carbocycles. The number of hydrogen-bond acceptors (Lipinski definition) is 2. The van der Waals surface area contributed by atoms with Gasteiger partial charge < -0.3 is 5.32 Å². The minimum atomic E-state index is 0.117. The van der Waals surface area contributed by atoms with Gasteiger partial charge in [-0.15, -0.1) is 0 Å². The molecule has 2 nitrogen and oxygen atoms in total. The van der Waals surface area contributed by atoms with E-state index in [0.29, 0.717) is 16.5 Å². The average Bonchev–Trinajstić information content (AvgIpc) is 2.24. The molecule has 0 aliphatic carbocycles. The Labute approximate surface area is 99.8 Å². The maximum atomic E-state index is 8.62. The highest BCUT2D eigenvalue weighted by molar-refractivity contribution is 6.43. The first kappa shape index (κ1) is 12.2. The quantitative estimate of drug-likeness (QED) is 0.864. The highest BCUT2D eigenvalue weighted by Crippen LogP contribution is 2.30. The molecule has 0 fully saturated rings. The zero-order chi connectivity index (χ0) is 11.3. The molecule has 0 heterocycles. The van der Waals surface area contributed by atoms with Gasteiger partial charge in [-0.1, -0.05) is 36.2 Å². The number of nitrogens with one attached hydrogen (secondary N) is 1. The van der Waals surface area contributed by atoms with Gasteiger partial charge in [0.05, 0.1) is 28.2 Å². The van der Waals surface area contributed by atoms with Crippen LogP contribution in [0.25, 0.3) is 0 Å². The lowest BCUT2D eigenvalue weighted by molar-refractivity contribution is 0.711. The summed E-state index contributed by atoms with van der Waals surface area (Å²) in [6.07, 6.45) is 1.33. The van der Waals surface area contributed by atoms with Gasteiger partial charge in [0.15, 0.2) is 0 Å². The van der Waals surface area contributed by atoms with Crippen molar-refractivity contribution in [2.24, 2.45) is 0 Å². The van der Waals surface area contributed by atoms with E-state index in [1.54, 1.807) is 6.07 Å². The monoisotopic (exact) mass is 242 g/mol. The van der Waals surface area contributed by atoms with Crippen molar-refractivity contribution in [3.05, 3.63) is 28.2 Å². The summed E-state index contributed by atoms with van der Waals surface area (Å²) in [4.78, 5) is 0. The summed E-state index contributed by atoms with van der Waals surface area (Å²) in [6, 6.07) is 7.67. The minimum Gasteiger partial charge on any atom is -0.380 e. The summed E-state index contributed by atoms with van der Waals surface area (Å²) in [6.45, 7) is 2.02. The van der Waals surface area contributed by atoms with Crippen LogP contribution in [-0.2, 0) is 0 Å². The van der Waals surface area contributed by atoms with Crippen molar-refractivity contribution in [3.63, 3.8) is 0 Å². The van der Waals surface area contributed by atoms with Crippen LogP contribution in [0.15, 0.2) is 18.2 Å². The van der Waals surface area contributed by atoms with E-state index >= 15 is 0 Å². The van der Waals surface area contributed by atoms with E-state index in [1.165, 1.54) is 0 Å². The molecule has 80 valence electrons. The van der Waals surface area contributed by atoms with Crippen molar-refractivity contribution in [2.75, 3.05) is 5.32 Å². The van der Waals surface area contributed by atoms with Crippen LogP contribution < -0.4 is 5.32 Å². The van der Waals surface area contributed by atoms with Gasteiger partial charge in [-0.25, -0.2) is 0 Å². The van der Waals surface area contributed by atoms with Crippen molar-refractivity contribution in [1.29, 1.82) is 5.26 Å². The molecule has 0 aliphatic rings. The second kappa shape index (κ2) is 5.85. The Morgan fingerprint density at radius 3 is 2.80 bits per heavy atom. The molecule has 1 rings (SSSR count). The Kier molecular flexibility index (Phi) is 4.74. The van der Waals surface area contributed by atoms with E-state index in [2.05, 4.69) is 11.4 Å². The molecule has 1 unspecified atom stereocenters. The van der Waals surface area contributed by atoms with Crippen LogP contribution in [0.5, 0.6) is 0 Å². The molecular weight excluding hydrogens is 231 g/mol. The van der Waals surface area contributed by atoms with E-state index in [4.69, 9.17) is 28.5 Å². The Morgan fingerprint density at radius 1 is 1.47 bits per heavy atom. The third-order valence-electron chi connectivity index (χ3n) is 2.14. The molecular formula is C11H12Cl2N2. The maximum absolute atomic E-state index is 8.62. The predicted molar refractivity (Wildman–Crippen MR) is 64.4 cm³/mol. The Balaban J connectivity index is 2.80. The molecule has 0 spiro atoms. The van der Waals surface area contributed by atoms with Gasteiger partial charge in [0.1, 0.15) is 0 Å². The Morgan fingerprint density at radius 2 is 2.20 bits per heavy atom. The average molecular weight is 243 g/mol. The second-order valence-corrected chi connectivity index (χ2v) is 4.00. The molecule has 15 heavy (non-hydrogen) atoms. The van der Waals surface area contributed by atoms with E-state index < -0.39 is 0 Å². The van der Waals surface area contributed by atoms with Gasteiger partial charge in [-0.2, -0.15) is 5.26 Å². The molecule has 0 saturated carbocycles. The lowest BCUT2D eigenvalue weighted by Crippen LogP contribution is -2.17. The summed E-state index contributed by atoms with van der Waals surface area (Å²) in [5, 5.41) is 12.9. The van der Waals surface area contributed by atoms with Crippen LogP contribution in [0.4, 0.5) is 5.69 Å². The van der Waals surface area contributed by atoms with Crippen molar-refractivity contribution in [2.45, 2.75) is 25.8 Å². The van der Waals surface area contributed by atoms with E-state index in [-0.39, 0.29) is 6.04 Å². The van der Waals surface area contributed by atoms with Gasteiger partial charge in [-0.05, 0) is 18.6 Å². The molecule has 1 atom stereocenters. The molecule has 0 bridgehead atoms. The molecule has 0 saturated heterocycles. The molecule has 1 N–H and O–H groups in total. The summed E-state index contributed by atoms with van der Waals surface area (Å²) in [5.74, 6) is 0. The largest absolute Gasteiger partial charge is 0.380 e. The number of benzene rings is 1. The second-order valence-electron chi connectivity index (χ2n) is 3.21. The SMILES string of the molecule is CCC(CC#N)Nc1cccc(Cl)c1Cl. The summed E-state index contributed by atoms with van der Waals surface area (Å²) < 4.78 is 0. The lowest BCUT2D eigenvalue weighted by Gasteiger charge is -2.16. The fourth-order valence-electron chi connectivity index (χ4n) is 1.24. The van der Waals surface area contributed by atoms with Crippen molar-refractivity contribution in [1.82, 2.24) is 0 Å². The first-order valence-corrected chi connectivity index (χ1v) is 5.52. The fraction of sp³-hybridized carbons (Fsp3) is 0.364. The lowest BCUT2D eigenvalue weighted by atomic mass is 10.1. The fourth-order valence-corrected chi connectivity index (χ4v) is 1.60. The van der Waals surface area contributed by atoms with Crippen LogP contribution in [0.2, 0.25) is 10.0 Å².